The van der Waals surface area contributed by atoms with Crippen LogP contribution in [-0.2, 0) is 9.59 Å². The monoisotopic (exact) mass is 173 g/mol. The van der Waals surface area contributed by atoms with Gasteiger partial charge in [-0.2, -0.15) is 0 Å². The molecule has 0 aliphatic heterocycles. The average molecular weight is 173 g/mol. The van der Waals surface area contributed by atoms with E-state index in [0.717, 1.165) is 11.3 Å². The van der Waals surface area contributed by atoms with E-state index in [9.17, 15) is 9.59 Å². The Morgan fingerprint density at radius 2 is 1.92 bits per heavy atom. The summed E-state index contributed by atoms with van der Waals surface area (Å²) in [5, 5.41) is 0. The van der Waals surface area contributed by atoms with Crippen LogP contribution in [0.2, 0.25) is 0 Å². The lowest BCUT2D eigenvalue weighted by Gasteiger charge is -2.12. The van der Waals surface area contributed by atoms with Crippen LogP contribution in [-0.4, -0.2) is 24.3 Å². The molecule has 0 radical (unpaired) electrons. The van der Waals surface area contributed by atoms with Gasteiger partial charge in [-0.05, 0) is 6.42 Å². The maximum Gasteiger partial charge on any atom is 0.231 e. The summed E-state index contributed by atoms with van der Waals surface area (Å²) in [5.41, 5.74) is 0. The molecule has 0 saturated heterocycles. The quantitative estimate of drug-likeness (QED) is 0.609. The van der Waals surface area contributed by atoms with E-state index in [1.165, 1.54) is 7.05 Å². The van der Waals surface area contributed by atoms with Crippen molar-refractivity contribution in [3.05, 3.63) is 0 Å². The van der Waals surface area contributed by atoms with Crippen molar-refractivity contribution in [2.75, 3.05) is 7.05 Å². The van der Waals surface area contributed by atoms with Crippen LogP contribution in [0.25, 0.3) is 0 Å². The summed E-state index contributed by atoms with van der Waals surface area (Å²) >= 11 is 0. The third-order valence-corrected chi connectivity index (χ3v) is 1.54. The second kappa shape index (κ2) is 8.24. The third-order valence-electron chi connectivity index (χ3n) is 1.54. The summed E-state index contributed by atoms with van der Waals surface area (Å²) in [4.78, 5) is 22.1. The van der Waals surface area contributed by atoms with E-state index < -0.39 is 0 Å². The fourth-order valence-electron chi connectivity index (χ4n) is 0.574. The second-order valence-electron chi connectivity index (χ2n) is 2.36. The minimum absolute atomic E-state index is 0.0461. The Bertz CT molecular complexity index is 134. The van der Waals surface area contributed by atoms with Crippen molar-refractivity contribution < 1.29 is 9.59 Å². The number of rotatable bonds is 3. The molecule has 1 unspecified atom stereocenters. The second-order valence-corrected chi connectivity index (χ2v) is 2.36. The molecule has 0 aliphatic carbocycles. The van der Waals surface area contributed by atoms with Gasteiger partial charge in [-0.1, -0.05) is 27.7 Å². The van der Waals surface area contributed by atoms with Gasteiger partial charge in [0.05, 0.1) is 0 Å². The Morgan fingerprint density at radius 1 is 1.50 bits per heavy atom. The van der Waals surface area contributed by atoms with E-state index in [0.29, 0.717) is 6.41 Å². The number of hydrogen-bond acceptors (Lipinski definition) is 2. The Hall–Kier alpha value is -0.860. The van der Waals surface area contributed by atoms with Crippen LogP contribution >= 0.6 is 0 Å². The SMILES string of the molecule is CC.CCC(C)C(=O)N(C)C=O. The smallest absolute Gasteiger partial charge is 0.231 e. The van der Waals surface area contributed by atoms with Gasteiger partial charge in [0.2, 0.25) is 12.3 Å². The van der Waals surface area contributed by atoms with Gasteiger partial charge < -0.3 is 0 Å². The molecule has 0 spiro atoms. The van der Waals surface area contributed by atoms with Gasteiger partial charge in [-0.3, -0.25) is 14.5 Å². The molecule has 0 fully saturated rings. The molecule has 0 aromatic rings. The van der Waals surface area contributed by atoms with Gasteiger partial charge in [0.15, 0.2) is 0 Å². The molecule has 3 nitrogen and oxygen atoms in total. The van der Waals surface area contributed by atoms with E-state index >= 15 is 0 Å². The average Bonchev–Trinajstić information content (AvgIpc) is 2.17. The van der Waals surface area contributed by atoms with Crippen molar-refractivity contribution in [2.24, 2.45) is 5.92 Å². The van der Waals surface area contributed by atoms with Crippen molar-refractivity contribution in [1.29, 1.82) is 0 Å². The van der Waals surface area contributed by atoms with Crippen molar-refractivity contribution in [1.82, 2.24) is 4.90 Å². The fourth-order valence-corrected chi connectivity index (χ4v) is 0.574. The van der Waals surface area contributed by atoms with Gasteiger partial charge in [-0.25, -0.2) is 0 Å². The summed E-state index contributed by atoms with van der Waals surface area (Å²) in [6.45, 7) is 7.73. The van der Waals surface area contributed by atoms with E-state index in [-0.39, 0.29) is 11.8 Å². The molecule has 0 rings (SSSR count). The largest absolute Gasteiger partial charge is 0.288 e. The molecule has 3 heteroatoms. The predicted molar refractivity (Wildman–Crippen MR) is 49.6 cm³/mol. The molecule has 12 heavy (non-hydrogen) atoms. The fraction of sp³-hybridized carbons (Fsp3) is 0.778. The Labute approximate surface area is 74.7 Å². The van der Waals surface area contributed by atoms with Gasteiger partial charge >= 0.3 is 0 Å². The minimum atomic E-state index is -0.113. The summed E-state index contributed by atoms with van der Waals surface area (Å²) in [6, 6.07) is 0. The Balaban J connectivity index is 0. The highest BCUT2D eigenvalue weighted by Gasteiger charge is 2.13. The number of amides is 2. The lowest BCUT2D eigenvalue weighted by molar-refractivity contribution is -0.139. The van der Waals surface area contributed by atoms with Crippen LogP contribution in [0.4, 0.5) is 0 Å². The molecule has 0 saturated carbocycles. The predicted octanol–water partition coefficient (Wildman–Crippen LogP) is 1.67. The highest BCUT2D eigenvalue weighted by molar-refractivity contribution is 5.87. The van der Waals surface area contributed by atoms with Crippen LogP contribution < -0.4 is 0 Å². The third kappa shape index (κ3) is 4.88. The molecule has 72 valence electrons. The number of hydrogen-bond donors (Lipinski definition) is 0. The van der Waals surface area contributed by atoms with Gasteiger partial charge in [0.1, 0.15) is 0 Å². The van der Waals surface area contributed by atoms with E-state index in [1.807, 2.05) is 27.7 Å². The lowest BCUT2D eigenvalue weighted by atomic mass is 10.1. The molecule has 0 heterocycles. The van der Waals surface area contributed by atoms with Crippen LogP contribution in [0.5, 0.6) is 0 Å². The summed E-state index contributed by atoms with van der Waals surface area (Å²) < 4.78 is 0. The Kier molecular flexibility index (Phi) is 9.41. The highest BCUT2D eigenvalue weighted by Crippen LogP contribution is 2.02. The molecule has 1 atom stereocenters. The number of imide groups is 1. The molecular weight excluding hydrogens is 154 g/mol. The zero-order valence-electron chi connectivity index (χ0n) is 8.63. The number of nitrogens with zero attached hydrogens (tertiary/aromatic N) is 1. The molecule has 2 amide bonds. The summed E-state index contributed by atoms with van der Waals surface area (Å²) in [6.07, 6.45) is 1.31. The molecule has 0 aromatic carbocycles. The first kappa shape index (κ1) is 13.7. The maximum atomic E-state index is 11.0. The molecule has 0 N–H and O–H groups in total. The minimum Gasteiger partial charge on any atom is -0.288 e. The number of carbonyl (C=O) groups excluding carboxylic acids is 2. The van der Waals surface area contributed by atoms with Gasteiger partial charge in [0.25, 0.3) is 0 Å². The van der Waals surface area contributed by atoms with E-state index in [4.69, 9.17) is 0 Å². The Morgan fingerprint density at radius 3 is 2.17 bits per heavy atom. The van der Waals surface area contributed by atoms with Gasteiger partial charge in [-0.15, -0.1) is 0 Å². The molecule has 0 bridgehead atoms. The zero-order valence-corrected chi connectivity index (χ0v) is 8.63. The first-order valence-corrected chi connectivity index (χ1v) is 4.35. The molecule has 0 aromatic heterocycles. The first-order chi connectivity index (χ1) is 5.63. The molecular formula is C9H19NO2. The van der Waals surface area contributed by atoms with Crippen LogP contribution in [0.3, 0.4) is 0 Å². The zero-order chi connectivity index (χ0) is 10.1. The van der Waals surface area contributed by atoms with Crippen molar-refractivity contribution in [3.8, 4) is 0 Å². The van der Waals surface area contributed by atoms with Crippen LogP contribution in [0.1, 0.15) is 34.1 Å². The van der Waals surface area contributed by atoms with Crippen molar-refractivity contribution in [2.45, 2.75) is 34.1 Å². The van der Waals surface area contributed by atoms with E-state index in [1.54, 1.807) is 0 Å². The first-order valence-electron chi connectivity index (χ1n) is 4.35. The van der Waals surface area contributed by atoms with Crippen molar-refractivity contribution in [3.63, 3.8) is 0 Å². The highest BCUT2D eigenvalue weighted by atomic mass is 16.2. The van der Waals surface area contributed by atoms with Gasteiger partial charge in [0, 0.05) is 13.0 Å². The van der Waals surface area contributed by atoms with Crippen LogP contribution in [0, 0.1) is 5.92 Å². The summed E-state index contributed by atoms with van der Waals surface area (Å²) in [5.74, 6) is -0.160. The molecule has 0 aliphatic rings. The van der Waals surface area contributed by atoms with E-state index in [2.05, 4.69) is 0 Å². The van der Waals surface area contributed by atoms with Crippen LogP contribution in [0.15, 0.2) is 0 Å². The maximum absolute atomic E-state index is 11.0. The summed E-state index contributed by atoms with van der Waals surface area (Å²) in [7, 11) is 1.47. The number of carbonyl (C=O) groups is 2. The van der Waals surface area contributed by atoms with Crippen molar-refractivity contribution >= 4 is 12.3 Å². The lowest BCUT2D eigenvalue weighted by Crippen LogP contribution is -2.29. The standard InChI is InChI=1S/C7H13NO2.C2H6/c1-4-6(2)7(10)8(3)5-9;1-2/h5-6H,4H2,1-3H3;1-2H3. The normalized spacial score (nSPS) is 10.8. The topological polar surface area (TPSA) is 37.4 Å².